The Morgan fingerprint density at radius 2 is 2.22 bits per heavy atom. The van der Waals surface area contributed by atoms with Gasteiger partial charge in [-0.15, -0.1) is 0 Å². The molecule has 102 valence electrons. The number of hydrogen-bond acceptors (Lipinski definition) is 4. The predicted molar refractivity (Wildman–Crippen MR) is 74.9 cm³/mol. The van der Waals surface area contributed by atoms with Gasteiger partial charge in [-0.2, -0.15) is 0 Å². The molecule has 0 unspecified atom stereocenters. The van der Waals surface area contributed by atoms with Crippen LogP contribution in [0.4, 0.5) is 0 Å². The molecule has 1 N–H and O–H groups in total. The highest BCUT2D eigenvalue weighted by atomic mass is 16.5. The Morgan fingerprint density at radius 3 is 2.83 bits per heavy atom. The molecule has 0 aliphatic heterocycles. The van der Waals surface area contributed by atoms with Crippen LogP contribution in [-0.4, -0.2) is 43.7 Å². The van der Waals surface area contributed by atoms with Crippen molar-refractivity contribution in [2.45, 2.75) is 26.3 Å². The van der Waals surface area contributed by atoms with Crippen molar-refractivity contribution in [1.29, 1.82) is 0 Å². The summed E-state index contributed by atoms with van der Waals surface area (Å²) >= 11 is 0. The first-order chi connectivity index (χ1) is 8.76. The molecule has 0 aliphatic rings. The van der Waals surface area contributed by atoms with E-state index in [0.29, 0.717) is 12.5 Å². The number of nitrogens with one attached hydrogen (secondary N) is 1. The minimum Gasteiger partial charge on any atom is -0.478 e. The first-order valence-electron chi connectivity index (χ1n) is 6.67. The van der Waals surface area contributed by atoms with E-state index in [1.807, 2.05) is 19.3 Å². The summed E-state index contributed by atoms with van der Waals surface area (Å²) < 4.78 is 5.55. The zero-order valence-corrected chi connectivity index (χ0v) is 11.8. The first kappa shape index (κ1) is 14.9. The smallest absolute Gasteiger partial charge is 0.213 e. The number of ether oxygens (including phenoxy) is 1. The van der Waals surface area contributed by atoms with E-state index in [9.17, 15) is 0 Å². The molecule has 0 aromatic carbocycles. The molecule has 4 nitrogen and oxygen atoms in total. The third kappa shape index (κ3) is 5.98. The number of aromatic nitrogens is 1. The van der Waals surface area contributed by atoms with E-state index in [-0.39, 0.29) is 0 Å². The minimum atomic E-state index is 0.711. The van der Waals surface area contributed by atoms with Gasteiger partial charge in [0.2, 0.25) is 5.88 Å². The summed E-state index contributed by atoms with van der Waals surface area (Å²) in [7, 11) is 4.07. The molecule has 0 saturated heterocycles. The Labute approximate surface area is 110 Å². The maximum absolute atomic E-state index is 5.55. The summed E-state index contributed by atoms with van der Waals surface area (Å²) in [5.41, 5.74) is 1.23. The van der Waals surface area contributed by atoms with Crippen molar-refractivity contribution in [3.8, 4) is 5.88 Å². The van der Waals surface area contributed by atoms with Crippen LogP contribution < -0.4 is 10.1 Å². The molecule has 0 radical (unpaired) electrons. The molecule has 0 amide bonds. The second-order valence-corrected chi connectivity index (χ2v) is 4.55. The molecule has 0 spiro atoms. The van der Waals surface area contributed by atoms with Gasteiger partial charge in [0.05, 0.1) is 6.61 Å². The van der Waals surface area contributed by atoms with Crippen LogP contribution in [0, 0.1) is 0 Å². The van der Waals surface area contributed by atoms with E-state index in [4.69, 9.17) is 4.74 Å². The lowest BCUT2D eigenvalue weighted by molar-refractivity contribution is 0.297. The summed E-state index contributed by atoms with van der Waals surface area (Å²) in [6.07, 6.45) is 4.08. The van der Waals surface area contributed by atoms with Gasteiger partial charge in [0.15, 0.2) is 0 Å². The summed E-state index contributed by atoms with van der Waals surface area (Å²) in [6.45, 7) is 5.93. The molecule has 0 fully saturated rings. The second kappa shape index (κ2) is 8.89. The normalized spacial score (nSPS) is 10.9. The van der Waals surface area contributed by atoms with Crippen LogP contribution in [0.5, 0.6) is 5.88 Å². The maximum Gasteiger partial charge on any atom is 0.213 e. The topological polar surface area (TPSA) is 37.4 Å². The third-order valence-corrected chi connectivity index (χ3v) is 2.68. The highest BCUT2D eigenvalue weighted by Crippen LogP contribution is 2.09. The van der Waals surface area contributed by atoms with Crippen LogP contribution in [0.2, 0.25) is 0 Å². The van der Waals surface area contributed by atoms with E-state index < -0.39 is 0 Å². The number of hydrogen-bond donors (Lipinski definition) is 1. The van der Waals surface area contributed by atoms with Crippen LogP contribution in [0.25, 0.3) is 0 Å². The molecule has 4 heteroatoms. The van der Waals surface area contributed by atoms with Gasteiger partial charge >= 0.3 is 0 Å². The number of nitrogens with zero attached hydrogens (tertiary/aromatic N) is 2. The van der Waals surface area contributed by atoms with E-state index in [1.54, 1.807) is 0 Å². The quantitative estimate of drug-likeness (QED) is 0.680. The van der Waals surface area contributed by atoms with Crippen molar-refractivity contribution < 1.29 is 4.74 Å². The average molecular weight is 251 g/mol. The van der Waals surface area contributed by atoms with Crippen LogP contribution >= 0.6 is 0 Å². The van der Waals surface area contributed by atoms with E-state index in [2.05, 4.69) is 35.2 Å². The molecule has 0 aliphatic carbocycles. The SMILES string of the molecule is CCCN(C)Cc1ccc(OCCCNC)nc1. The summed E-state index contributed by atoms with van der Waals surface area (Å²) in [4.78, 5) is 6.62. The Kier molecular flexibility index (Phi) is 7.37. The van der Waals surface area contributed by atoms with Crippen LogP contribution in [0.1, 0.15) is 25.3 Å². The molecule has 18 heavy (non-hydrogen) atoms. The minimum absolute atomic E-state index is 0.711. The fraction of sp³-hybridized carbons (Fsp3) is 0.643. The lowest BCUT2D eigenvalue weighted by atomic mass is 10.2. The molecule has 1 aromatic rings. The molecule has 0 bridgehead atoms. The van der Waals surface area contributed by atoms with Gasteiger partial charge in [-0.05, 0) is 45.6 Å². The van der Waals surface area contributed by atoms with Crippen molar-refractivity contribution in [2.24, 2.45) is 0 Å². The molecular formula is C14H25N3O. The lowest BCUT2D eigenvalue weighted by Crippen LogP contribution is -2.18. The van der Waals surface area contributed by atoms with Gasteiger partial charge in [-0.3, -0.25) is 0 Å². The van der Waals surface area contributed by atoms with Gasteiger partial charge in [0.1, 0.15) is 0 Å². The zero-order valence-electron chi connectivity index (χ0n) is 11.8. The molecular weight excluding hydrogens is 226 g/mol. The molecule has 1 heterocycles. The fourth-order valence-corrected chi connectivity index (χ4v) is 1.79. The second-order valence-electron chi connectivity index (χ2n) is 4.55. The lowest BCUT2D eigenvalue weighted by Gasteiger charge is -2.15. The van der Waals surface area contributed by atoms with Crippen molar-refractivity contribution in [3.05, 3.63) is 23.9 Å². The van der Waals surface area contributed by atoms with Crippen LogP contribution in [0.15, 0.2) is 18.3 Å². The Morgan fingerprint density at radius 1 is 1.39 bits per heavy atom. The van der Waals surface area contributed by atoms with Gasteiger partial charge in [-0.25, -0.2) is 4.98 Å². The Bertz CT molecular complexity index is 313. The zero-order chi connectivity index (χ0) is 13.2. The van der Waals surface area contributed by atoms with Crippen molar-refractivity contribution >= 4 is 0 Å². The van der Waals surface area contributed by atoms with Gasteiger partial charge in [0, 0.05) is 18.8 Å². The van der Waals surface area contributed by atoms with Gasteiger partial charge in [0.25, 0.3) is 0 Å². The summed E-state index contributed by atoms with van der Waals surface area (Å²) in [6, 6.07) is 4.04. The molecule has 1 rings (SSSR count). The number of pyridine rings is 1. The highest BCUT2D eigenvalue weighted by Gasteiger charge is 2.00. The summed E-state index contributed by atoms with van der Waals surface area (Å²) in [5.74, 6) is 0.716. The first-order valence-corrected chi connectivity index (χ1v) is 6.67. The van der Waals surface area contributed by atoms with E-state index in [0.717, 1.165) is 26.1 Å². The largest absolute Gasteiger partial charge is 0.478 e. The Balaban J connectivity index is 2.33. The molecule has 0 atom stereocenters. The van der Waals surface area contributed by atoms with Crippen molar-refractivity contribution in [1.82, 2.24) is 15.2 Å². The molecule has 0 saturated carbocycles. The third-order valence-electron chi connectivity index (χ3n) is 2.68. The van der Waals surface area contributed by atoms with E-state index in [1.165, 1.54) is 12.0 Å². The van der Waals surface area contributed by atoms with Crippen molar-refractivity contribution in [3.63, 3.8) is 0 Å². The highest BCUT2D eigenvalue weighted by molar-refractivity contribution is 5.17. The van der Waals surface area contributed by atoms with Gasteiger partial charge < -0.3 is 15.0 Å². The van der Waals surface area contributed by atoms with E-state index >= 15 is 0 Å². The Hall–Kier alpha value is -1.13. The van der Waals surface area contributed by atoms with Crippen LogP contribution in [-0.2, 0) is 6.54 Å². The average Bonchev–Trinajstić information content (AvgIpc) is 2.37. The standard InChI is InChI=1S/C14H25N3O/c1-4-9-17(3)12-13-6-7-14(16-11-13)18-10-5-8-15-2/h6-7,11,15H,4-5,8-10,12H2,1-3H3. The summed E-state index contributed by atoms with van der Waals surface area (Å²) in [5, 5.41) is 3.09. The number of rotatable bonds is 9. The fourth-order valence-electron chi connectivity index (χ4n) is 1.79. The monoisotopic (exact) mass is 251 g/mol. The predicted octanol–water partition coefficient (Wildman–Crippen LogP) is 1.91. The maximum atomic E-state index is 5.55. The van der Waals surface area contributed by atoms with Crippen LogP contribution in [0.3, 0.4) is 0 Å². The van der Waals surface area contributed by atoms with Gasteiger partial charge in [-0.1, -0.05) is 13.0 Å². The van der Waals surface area contributed by atoms with Crippen molar-refractivity contribution in [2.75, 3.05) is 33.8 Å². The molecule has 1 aromatic heterocycles.